The summed E-state index contributed by atoms with van der Waals surface area (Å²) >= 11 is 0. The van der Waals surface area contributed by atoms with Gasteiger partial charge in [-0.05, 0) is 41.5 Å². The fraction of sp³-hybridized carbons (Fsp3) is 0.261. The monoisotopic (exact) mass is 407 g/mol. The highest BCUT2D eigenvalue weighted by atomic mass is 16.5. The number of benzene rings is 1. The molecule has 0 aliphatic heterocycles. The number of pyridine rings is 1. The molecule has 0 aliphatic carbocycles. The average molecular weight is 407 g/mol. The molecular formula is C23H25N3O4. The van der Waals surface area contributed by atoms with Gasteiger partial charge >= 0.3 is 0 Å². The van der Waals surface area contributed by atoms with Crippen LogP contribution in [0.1, 0.15) is 36.3 Å². The molecular weight excluding hydrogens is 382 g/mol. The van der Waals surface area contributed by atoms with Crippen molar-refractivity contribution < 1.29 is 18.7 Å². The molecule has 7 nitrogen and oxygen atoms in total. The van der Waals surface area contributed by atoms with Crippen molar-refractivity contribution in [2.24, 2.45) is 0 Å². The Labute approximate surface area is 175 Å². The molecule has 0 bridgehead atoms. The molecule has 30 heavy (non-hydrogen) atoms. The molecule has 2 aromatic heterocycles. The van der Waals surface area contributed by atoms with E-state index < -0.39 is 6.04 Å². The van der Waals surface area contributed by atoms with Crippen LogP contribution >= 0.6 is 0 Å². The Hall–Kier alpha value is -3.61. The summed E-state index contributed by atoms with van der Waals surface area (Å²) < 4.78 is 10.6. The molecule has 2 heterocycles. The number of methoxy groups -OCH3 is 1. The van der Waals surface area contributed by atoms with E-state index in [0.717, 1.165) is 11.1 Å². The van der Waals surface area contributed by atoms with Crippen molar-refractivity contribution in [2.75, 3.05) is 7.11 Å². The lowest BCUT2D eigenvalue weighted by Crippen LogP contribution is -2.35. The summed E-state index contributed by atoms with van der Waals surface area (Å²) in [6.45, 7) is 2.16. The van der Waals surface area contributed by atoms with E-state index in [0.29, 0.717) is 24.6 Å². The van der Waals surface area contributed by atoms with Crippen molar-refractivity contribution in [1.29, 1.82) is 0 Å². The summed E-state index contributed by atoms with van der Waals surface area (Å²) in [4.78, 5) is 30.8. The first-order valence-corrected chi connectivity index (χ1v) is 9.65. The number of amides is 2. The lowest BCUT2D eigenvalue weighted by atomic mass is 10.0. The van der Waals surface area contributed by atoms with E-state index in [1.165, 1.54) is 6.92 Å². The number of carbonyl (C=O) groups is 2. The van der Waals surface area contributed by atoms with Gasteiger partial charge in [-0.3, -0.25) is 14.6 Å². The van der Waals surface area contributed by atoms with Crippen LogP contribution < -0.4 is 10.1 Å². The van der Waals surface area contributed by atoms with Crippen molar-refractivity contribution in [3.05, 3.63) is 84.1 Å². The van der Waals surface area contributed by atoms with Crippen molar-refractivity contribution in [2.45, 2.75) is 32.5 Å². The molecule has 0 saturated carbocycles. The van der Waals surface area contributed by atoms with Gasteiger partial charge in [0.15, 0.2) is 0 Å². The zero-order valence-corrected chi connectivity index (χ0v) is 17.1. The molecule has 156 valence electrons. The van der Waals surface area contributed by atoms with Gasteiger partial charge in [0, 0.05) is 25.9 Å². The molecule has 1 aromatic carbocycles. The minimum atomic E-state index is -0.450. The molecule has 0 radical (unpaired) electrons. The molecule has 0 spiro atoms. The lowest BCUT2D eigenvalue weighted by molar-refractivity contribution is -0.133. The summed E-state index contributed by atoms with van der Waals surface area (Å²) in [6, 6.07) is 14.3. The number of furan rings is 1. The van der Waals surface area contributed by atoms with Crippen molar-refractivity contribution in [3.63, 3.8) is 0 Å². The largest absolute Gasteiger partial charge is 0.497 e. The number of hydrogen-bond donors (Lipinski definition) is 1. The van der Waals surface area contributed by atoms with E-state index in [1.807, 2.05) is 42.5 Å². The predicted molar refractivity (Wildman–Crippen MR) is 111 cm³/mol. The smallest absolute Gasteiger partial charge is 0.225 e. The van der Waals surface area contributed by atoms with E-state index in [4.69, 9.17) is 9.15 Å². The van der Waals surface area contributed by atoms with Gasteiger partial charge in [0.1, 0.15) is 11.5 Å². The molecule has 0 saturated heterocycles. The third-order valence-corrected chi connectivity index (χ3v) is 4.65. The molecule has 1 unspecified atom stereocenters. The summed E-state index contributed by atoms with van der Waals surface area (Å²) in [5, 5.41) is 2.88. The van der Waals surface area contributed by atoms with Crippen LogP contribution in [0.2, 0.25) is 0 Å². The number of ether oxygens (including phenoxy) is 1. The van der Waals surface area contributed by atoms with Gasteiger partial charge in [-0.2, -0.15) is 0 Å². The fourth-order valence-electron chi connectivity index (χ4n) is 3.17. The highest BCUT2D eigenvalue weighted by Crippen LogP contribution is 2.22. The number of aromatic nitrogens is 1. The molecule has 1 N–H and O–H groups in total. The Balaban J connectivity index is 1.79. The fourth-order valence-corrected chi connectivity index (χ4v) is 3.17. The van der Waals surface area contributed by atoms with Crippen molar-refractivity contribution in [3.8, 4) is 5.75 Å². The lowest BCUT2D eigenvalue weighted by Gasteiger charge is -2.25. The van der Waals surface area contributed by atoms with Gasteiger partial charge in [0.2, 0.25) is 11.8 Å². The Kier molecular flexibility index (Phi) is 7.21. The van der Waals surface area contributed by atoms with Crippen LogP contribution in [0, 0.1) is 0 Å². The van der Waals surface area contributed by atoms with Gasteiger partial charge < -0.3 is 19.4 Å². The number of carbonyl (C=O) groups excluding carboxylic acids is 2. The molecule has 0 aliphatic rings. The Bertz CT molecular complexity index is 940. The van der Waals surface area contributed by atoms with E-state index in [9.17, 15) is 9.59 Å². The van der Waals surface area contributed by atoms with E-state index in [1.54, 1.807) is 36.7 Å². The van der Waals surface area contributed by atoms with Crippen molar-refractivity contribution >= 4 is 11.8 Å². The number of nitrogens with one attached hydrogen (secondary N) is 1. The SMILES string of the molecule is COc1ccc(C(CC(=O)N(Cc2cccnc2)Cc2ccco2)NC(C)=O)cc1. The first-order chi connectivity index (χ1) is 14.5. The van der Waals surface area contributed by atoms with Crippen LogP contribution in [0.15, 0.2) is 71.6 Å². The maximum atomic E-state index is 13.3. The quantitative estimate of drug-likeness (QED) is 0.587. The topological polar surface area (TPSA) is 84.7 Å². The average Bonchev–Trinajstić information content (AvgIpc) is 3.26. The highest BCUT2D eigenvalue weighted by molar-refractivity contribution is 5.79. The predicted octanol–water partition coefficient (Wildman–Crippen LogP) is 3.48. The van der Waals surface area contributed by atoms with Gasteiger partial charge in [0.05, 0.1) is 32.4 Å². The maximum Gasteiger partial charge on any atom is 0.225 e. The second-order valence-corrected chi connectivity index (χ2v) is 6.92. The number of nitrogens with zero attached hydrogens (tertiary/aromatic N) is 2. The van der Waals surface area contributed by atoms with Gasteiger partial charge in [-0.15, -0.1) is 0 Å². The Morgan fingerprint density at radius 2 is 1.93 bits per heavy atom. The maximum absolute atomic E-state index is 13.3. The van der Waals surface area contributed by atoms with Gasteiger partial charge in [-0.1, -0.05) is 18.2 Å². The zero-order valence-electron chi connectivity index (χ0n) is 17.1. The number of rotatable bonds is 9. The van der Waals surface area contributed by atoms with Crippen LogP contribution in [-0.2, 0) is 22.7 Å². The third kappa shape index (κ3) is 5.94. The first kappa shape index (κ1) is 21.1. The second-order valence-electron chi connectivity index (χ2n) is 6.92. The summed E-state index contributed by atoms with van der Waals surface area (Å²) in [5.74, 6) is 1.09. The Morgan fingerprint density at radius 3 is 2.53 bits per heavy atom. The molecule has 0 fully saturated rings. The van der Waals surface area contributed by atoms with Crippen LogP contribution in [0.4, 0.5) is 0 Å². The van der Waals surface area contributed by atoms with Crippen LogP contribution in [0.3, 0.4) is 0 Å². The van der Waals surface area contributed by atoms with Crippen LogP contribution in [0.5, 0.6) is 5.75 Å². The molecule has 1 atom stereocenters. The van der Waals surface area contributed by atoms with Gasteiger partial charge in [-0.25, -0.2) is 0 Å². The van der Waals surface area contributed by atoms with Crippen LogP contribution in [-0.4, -0.2) is 28.8 Å². The number of hydrogen-bond acceptors (Lipinski definition) is 5. The van der Waals surface area contributed by atoms with E-state index >= 15 is 0 Å². The summed E-state index contributed by atoms with van der Waals surface area (Å²) in [7, 11) is 1.59. The molecule has 7 heteroatoms. The summed E-state index contributed by atoms with van der Waals surface area (Å²) in [6.07, 6.45) is 5.13. The highest BCUT2D eigenvalue weighted by Gasteiger charge is 2.23. The van der Waals surface area contributed by atoms with Crippen LogP contribution in [0.25, 0.3) is 0 Å². The molecule has 2 amide bonds. The molecule has 3 aromatic rings. The van der Waals surface area contributed by atoms with E-state index in [2.05, 4.69) is 10.3 Å². The standard InChI is InChI=1S/C23H25N3O4/c1-17(27)25-22(19-7-9-20(29-2)10-8-19)13-23(28)26(16-21-6-4-12-30-21)15-18-5-3-11-24-14-18/h3-12,14,22H,13,15-16H2,1-2H3,(H,25,27). The molecule has 3 rings (SSSR count). The van der Waals surface area contributed by atoms with Gasteiger partial charge in [0.25, 0.3) is 0 Å². The normalized spacial score (nSPS) is 11.5. The zero-order chi connectivity index (χ0) is 21.3. The van der Waals surface area contributed by atoms with Crippen molar-refractivity contribution in [1.82, 2.24) is 15.2 Å². The first-order valence-electron chi connectivity index (χ1n) is 9.65. The summed E-state index contributed by atoms with van der Waals surface area (Å²) in [5.41, 5.74) is 1.75. The minimum absolute atomic E-state index is 0.107. The van der Waals surface area contributed by atoms with E-state index in [-0.39, 0.29) is 18.2 Å². The minimum Gasteiger partial charge on any atom is -0.497 e. The second kappa shape index (κ2) is 10.2. The Morgan fingerprint density at radius 1 is 1.13 bits per heavy atom. The third-order valence-electron chi connectivity index (χ3n) is 4.65.